The van der Waals surface area contributed by atoms with Gasteiger partial charge in [-0.2, -0.15) is 0 Å². The first-order valence-corrected chi connectivity index (χ1v) is 16.9. The first-order valence-electron chi connectivity index (χ1n) is 14.9. The highest BCUT2D eigenvalue weighted by Gasteiger charge is 2.14. The molecule has 0 aliphatic carbocycles. The van der Waals surface area contributed by atoms with E-state index in [-0.39, 0.29) is 11.1 Å². The van der Waals surface area contributed by atoms with Gasteiger partial charge < -0.3 is 9.97 Å². The topological polar surface area (TPSA) is 172 Å². The molecule has 0 radical (unpaired) electrons. The molecule has 0 aliphatic rings. The molecule has 0 spiro atoms. The van der Waals surface area contributed by atoms with E-state index in [9.17, 15) is 19.2 Å². The van der Waals surface area contributed by atoms with Crippen molar-refractivity contribution in [2.45, 2.75) is 4.90 Å². The van der Waals surface area contributed by atoms with Crippen LogP contribution in [-0.2, 0) is 0 Å². The maximum absolute atomic E-state index is 12.1. The molecule has 0 aliphatic heterocycles. The Kier molecular flexibility index (Phi) is 8.45. The first kappa shape index (κ1) is 31.8. The fourth-order valence-electron chi connectivity index (χ4n) is 6.20. The van der Waals surface area contributed by atoms with Gasteiger partial charge in [-0.05, 0) is 75.8 Å². The summed E-state index contributed by atoms with van der Waals surface area (Å²) in [7, 11) is 0. The lowest BCUT2D eigenvalue weighted by Gasteiger charge is -2.12. The van der Waals surface area contributed by atoms with Gasteiger partial charge in [0.15, 0.2) is 0 Å². The van der Waals surface area contributed by atoms with Crippen molar-refractivity contribution in [3.8, 4) is 11.1 Å². The Morgan fingerprint density at radius 2 is 1.10 bits per heavy atom. The molecule has 12 heteroatoms. The SMILES string of the molecule is CSc1cc2ccccc2cc1-c1cccc2c(=O)[nH]c(=O)[nH]c12.O=c1[nH]c(=O)c2ccc3sc4cc5ccccc5cc4c3c2[nH]1.OO. The average Bonchev–Trinajstić information content (AvgIpc) is 3.48. The van der Waals surface area contributed by atoms with E-state index >= 15 is 0 Å². The molecular weight excluding hydrogens is 661 g/mol. The zero-order chi connectivity index (χ0) is 34.2. The lowest BCUT2D eigenvalue weighted by Crippen LogP contribution is -2.22. The van der Waals surface area contributed by atoms with E-state index in [4.69, 9.17) is 10.5 Å². The minimum atomic E-state index is -0.494. The van der Waals surface area contributed by atoms with Gasteiger partial charge in [-0.15, -0.1) is 23.1 Å². The second-order valence-corrected chi connectivity index (χ2v) is 13.0. The van der Waals surface area contributed by atoms with Crippen molar-refractivity contribution >= 4 is 86.6 Å². The Morgan fingerprint density at radius 3 is 1.76 bits per heavy atom. The summed E-state index contributed by atoms with van der Waals surface area (Å²) in [4.78, 5) is 58.8. The molecule has 3 aromatic heterocycles. The fourth-order valence-corrected chi connectivity index (χ4v) is 7.98. The van der Waals surface area contributed by atoms with Gasteiger partial charge in [0, 0.05) is 30.6 Å². The summed E-state index contributed by atoms with van der Waals surface area (Å²) >= 11 is 3.31. The van der Waals surface area contributed by atoms with Crippen molar-refractivity contribution in [1.82, 2.24) is 19.9 Å². The molecule has 9 rings (SSSR count). The Balaban J connectivity index is 0.000000147. The number of benzene rings is 6. The van der Waals surface area contributed by atoms with Gasteiger partial charge in [0.05, 0.1) is 21.8 Å². The average molecular weight is 687 g/mol. The number of H-pyrrole nitrogens is 4. The molecule has 49 heavy (non-hydrogen) atoms. The molecule has 242 valence electrons. The van der Waals surface area contributed by atoms with Gasteiger partial charge in [-0.1, -0.05) is 60.7 Å². The van der Waals surface area contributed by atoms with Crippen LogP contribution in [0.15, 0.2) is 127 Å². The fraction of sp³-hybridized carbons (Fsp3) is 0.0270. The molecule has 3 heterocycles. The molecule has 0 saturated heterocycles. The van der Waals surface area contributed by atoms with Crippen LogP contribution in [-0.4, -0.2) is 36.7 Å². The van der Waals surface area contributed by atoms with E-state index in [1.54, 1.807) is 35.2 Å². The largest absolute Gasteiger partial charge is 0.326 e. The Hall–Kier alpha value is -5.79. The minimum Gasteiger partial charge on any atom is -0.306 e. The van der Waals surface area contributed by atoms with Gasteiger partial charge >= 0.3 is 11.4 Å². The normalized spacial score (nSPS) is 11.2. The Bertz CT molecular complexity index is 2960. The molecule has 10 nitrogen and oxygen atoms in total. The number of nitrogens with one attached hydrogen (secondary N) is 4. The highest BCUT2D eigenvalue weighted by molar-refractivity contribution is 7.98. The number of thiophene rings is 1. The van der Waals surface area contributed by atoms with Crippen LogP contribution in [0.1, 0.15) is 0 Å². The zero-order valence-corrected chi connectivity index (χ0v) is 27.3. The number of fused-ring (bicyclic) bond motifs is 8. The second kappa shape index (κ2) is 13.0. The molecule has 6 aromatic carbocycles. The summed E-state index contributed by atoms with van der Waals surface area (Å²) in [6.45, 7) is 0. The first-order chi connectivity index (χ1) is 23.9. The van der Waals surface area contributed by atoms with Gasteiger partial charge in [0.1, 0.15) is 0 Å². The summed E-state index contributed by atoms with van der Waals surface area (Å²) in [6, 6.07) is 34.1. The van der Waals surface area contributed by atoms with E-state index < -0.39 is 11.4 Å². The Morgan fingerprint density at radius 1 is 0.531 bits per heavy atom. The molecule has 9 aromatic rings. The maximum atomic E-state index is 12.1. The third-order valence-electron chi connectivity index (χ3n) is 8.35. The number of hydrogen-bond acceptors (Lipinski definition) is 8. The van der Waals surface area contributed by atoms with Crippen molar-refractivity contribution in [3.63, 3.8) is 0 Å². The second-order valence-electron chi connectivity index (χ2n) is 11.1. The highest BCUT2D eigenvalue weighted by atomic mass is 32.2. The Labute approximate surface area is 283 Å². The van der Waals surface area contributed by atoms with Crippen LogP contribution >= 0.6 is 23.1 Å². The number of aromatic nitrogens is 4. The van der Waals surface area contributed by atoms with Crippen molar-refractivity contribution in [3.05, 3.63) is 145 Å². The number of para-hydroxylation sites is 1. The summed E-state index contributed by atoms with van der Waals surface area (Å²) in [6.07, 6.45) is 2.02. The van der Waals surface area contributed by atoms with Crippen molar-refractivity contribution in [1.29, 1.82) is 0 Å². The molecule has 0 fully saturated rings. The van der Waals surface area contributed by atoms with Crippen molar-refractivity contribution < 1.29 is 10.5 Å². The molecule has 0 unspecified atom stereocenters. The third-order valence-corrected chi connectivity index (χ3v) is 10.2. The van der Waals surface area contributed by atoms with Crippen molar-refractivity contribution in [2.24, 2.45) is 0 Å². The van der Waals surface area contributed by atoms with Gasteiger partial charge in [0.2, 0.25) is 0 Å². The number of rotatable bonds is 2. The monoisotopic (exact) mass is 686 g/mol. The molecule has 0 atom stereocenters. The van der Waals surface area contributed by atoms with Gasteiger partial charge in [0.25, 0.3) is 11.1 Å². The summed E-state index contributed by atoms with van der Waals surface area (Å²) in [5, 5.41) is 19.6. The van der Waals surface area contributed by atoms with Crippen LogP contribution in [0.5, 0.6) is 0 Å². The molecule has 0 amide bonds. The summed E-state index contributed by atoms with van der Waals surface area (Å²) in [5.41, 5.74) is 1.34. The predicted octanol–water partition coefficient (Wildman–Crippen LogP) is 7.51. The van der Waals surface area contributed by atoms with E-state index in [2.05, 4.69) is 68.5 Å². The van der Waals surface area contributed by atoms with Crippen LogP contribution in [0, 0.1) is 0 Å². The van der Waals surface area contributed by atoms with Gasteiger partial charge in [-0.25, -0.2) is 9.59 Å². The minimum absolute atomic E-state index is 0.356. The summed E-state index contributed by atoms with van der Waals surface area (Å²) < 4.78 is 2.20. The molecule has 6 N–H and O–H groups in total. The molecule has 0 saturated carbocycles. The quantitative estimate of drug-likeness (QED) is 0.0620. The third kappa shape index (κ3) is 5.72. The van der Waals surface area contributed by atoms with E-state index in [1.165, 1.54) is 5.39 Å². The lowest BCUT2D eigenvalue weighted by atomic mass is 9.99. The van der Waals surface area contributed by atoms with Crippen LogP contribution in [0.2, 0.25) is 0 Å². The summed E-state index contributed by atoms with van der Waals surface area (Å²) in [5.74, 6) is 0. The van der Waals surface area contributed by atoms with E-state index in [1.807, 2.05) is 48.7 Å². The standard InChI is InChI=1S/C19H14N2O2S.C18H10N2O2S.H2O2/c1-24-16-10-12-6-3-2-5-11(12)9-15(16)13-7-4-8-14-17(13)20-19(23)21-18(14)22;21-17-11-5-6-13-15(16(11)19-18(22)20-17)12-7-9-3-1-2-4-10(9)8-14(12)23-13;1-2/h2-10H,1H3,(H2,20,21,22,23);1-8H,(H2,19,20,21,22);1-2H. The highest BCUT2D eigenvalue weighted by Crippen LogP contribution is 2.39. The van der Waals surface area contributed by atoms with Crippen molar-refractivity contribution in [2.75, 3.05) is 6.26 Å². The van der Waals surface area contributed by atoms with E-state index in [0.717, 1.165) is 52.4 Å². The predicted molar refractivity (Wildman–Crippen MR) is 201 cm³/mol. The van der Waals surface area contributed by atoms with Gasteiger partial charge in [-0.3, -0.25) is 30.1 Å². The number of hydrogen-bond donors (Lipinski definition) is 6. The zero-order valence-electron chi connectivity index (χ0n) is 25.7. The van der Waals surface area contributed by atoms with E-state index in [0.29, 0.717) is 21.8 Å². The van der Waals surface area contributed by atoms with Crippen LogP contribution in [0.4, 0.5) is 0 Å². The smallest absolute Gasteiger partial charge is 0.306 e. The maximum Gasteiger partial charge on any atom is 0.326 e. The number of aromatic amines is 4. The lowest BCUT2D eigenvalue weighted by molar-refractivity contribution is -0.176. The van der Waals surface area contributed by atoms with Crippen LogP contribution in [0.25, 0.3) is 74.6 Å². The van der Waals surface area contributed by atoms with Crippen LogP contribution in [0.3, 0.4) is 0 Å². The number of thioether (sulfide) groups is 1. The molecule has 0 bridgehead atoms. The molecular formula is C37H26N4O6S2. The van der Waals surface area contributed by atoms with Crippen LogP contribution < -0.4 is 22.5 Å².